The average molecular weight is 365 g/mol. The monoisotopic (exact) mass is 364 g/mol. The SMILES string of the molecule is O=C(O)CCCCCC[C@H]1C(=O)CC[C@@H]1/C=C/C(O)CC1CCCCC1. The summed E-state index contributed by atoms with van der Waals surface area (Å²) in [6, 6.07) is 0. The van der Waals surface area contributed by atoms with Gasteiger partial charge in [0.2, 0.25) is 0 Å². The lowest BCUT2D eigenvalue weighted by atomic mass is 9.85. The summed E-state index contributed by atoms with van der Waals surface area (Å²) in [7, 11) is 0. The molecule has 0 aromatic rings. The van der Waals surface area contributed by atoms with Crippen LogP contribution >= 0.6 is 0 Å². The minimum atomic E-state index is -0.729. The molecule has 2 saturated carbocycles. The standard InChI is InChI=1S/C22H36O4/c23-19(16-17-8-4-3-5-9-17)14-12-18-13-15-21(24)20(18)10-6-1-2-7-11-22(25)26/h12,14,17-20,23H,1-11,13,15-16H2,(H,25,26)/b14-12+/t18-,19?,20+/m0/s1. The predicted octanol–water partition coefficient (Wildman–Crippen LogP) is 4.89. The van der Waals surface area contributed by atoms with Gasteiger partial charge < -0.3 is 10.2 Å². The van der Waals surface area contributed by atoms with E-state index in [1.165, 1.54) is 32.1 Å². The number of ketones is 1. The van der Waals surface area contributed by atoms with Gasteiger partial charge in [0.05, 0.1) is 6.10 Å². The van der Waals surface area contributed by atoms with Crippen LogP contribution in [0.3, 0.4) is 0 Å². The maximum Gasteiger partial charge on any atom is 0.303 e. The Labute approximate surface area is 158 Å². The summed E-state index contributed by atoms with van der Waals surface area (Å²) in [6.45, 7) is 0. The van der Waals surface area contributed by atoms with E-state index in [2.05, 4.69) is 6.08 Å². The van der Waals surface area contributed by atoms with Crippen LogP contribution in [0, 0.1) is 17.8 Å². The van der Waals surface area contributed by atoms with Crippen molar-refractivity contribution in [2.24, 2.45) is 17.8 Å². The van der Waals surface area contributed by atoms with E-state index in [-0.39, 0.29) is 24.4 Å². The van der Waals surface area contributed by atoms with Crippen LogP contribution in [-0.2, 0) is 9.59 Å². The number of Topliss-reactive ketones (excluding diaryl/α,β-unsaturated/α-hetero) is 1. The number of carboxylic acid groups (broad SMARTS) is 1. The molecule has 0 heterocycles. The normalized spacial score (nSPS) is 25.8. The number of carbonyl (C=O) groups excluding carboxylic acids is 1. The van der Waals surface area contributed by atoms with Gasteiger partial charge in [0, 0.05) is 18.8 Å². The van der Waals surface area contributed by atoms with Crippen molar-refractivity contribution in [1.29, 1.82) is 0 Å². The van der Waals surface area contributed by atoms with Crippen molar-refractivity contribution in [2.75, 3.05) is 0 Å². The third kappa shape index (κ3) is 7.61. The lowest BCUT2D eigenvalue weighted by Gasteiger charge is -2.23. The second-order valence-corrected chi connectivity index (χ2v) is 8.31. The summed E-state index contributed by atoms with van der Waals surface area (Å²) in [5.74, 6) is 0.685. The summed E-state index contributed by atoms with van der Waals surface area (Å²) in [4.78, 5) is 22.7. The Balaban J connectivity index is 1.69. The molecule has 2 aliphatic carbocycles. The van der Waals surface area contributed by atoms with Gasteiger partial charge in [-0.15, -0.1) is 0 Å². The molecular formula is C22H36O4. The molecule has 4 nitrogen and oxygen atoms in total. The zero-order valence-corrected chi connectivity index (χ0v) is 16.1. The molecule has 3 atom stereocenters. The van der Waals surface area contributed by atoms with Crippen LogP contribution in [0.15, 0.2) is 12.2 Å². The van der Waals surface area contributed by atoms with Gasteiger partial charge >= 0.3 is 5.97 Å². The number of aliphatic hydroxyl groups excluding tert-OH is 1. The molecule has 2 N–H and O–H groups in total. The van der Waals surface area contributed by atoms with E-state index in [0.29, 0.717) is 18.1 Å². The first-order valence-corrected chi connectivity index (χ1v) is 10.7. The van der Waals surface area contributed by atoms with Crippen molar-refractivity contribution < 1.29 is 19.8 Å². The molecule has 0 aromatic carbocycles. The molecule has 0 aliphatic heterocycles. The molecule has 1 unspecified atom stereocenters. The third-order valence-electron chi connectivity index (χ3n) is 6.19. The fourth-order valence-electron chi connectivity index (χ4n) is 4.65. The van der Waals surface area contributed by atoms with E-state index in [1.807, 2.05) is 6.08 Å². The van der Waals surface area contributed by atoms with Crippen molar-refractivity contribution in [3.8, 4) is 0 Å². The van der Waals surface area contributed by atoms with Crippen molar-refractivity contribution in [3.05, 3.63) is 12.2 Å². The number of aliphatic carboxylic acids is 1. The molecule has 0 amide bonds. The molecule has 2 aliphatic rings. The molecule has 0 spiro atoms. The fourth-order valence-corrected chi connectivity index (χ4v) is 4.65. The van der Waals surface area contributed by atoms with Crippen LogP contribution in [0.5, 0.6) is 0 Å². The van der Waals surface area contributed by atoms with Gasteiger partial charge in [-0.25, -0.2) is 0 Å². The molecule has 0 radical (unpaired) electrons. The molecule has 2 rings (SSSR count). The van der Waals surface area contributed by atoms with Crippen LogP contribution < -0.4 is 0 Å². The molecule has 26 heavy (non-hydrogen) atoms. The maximum absolute atomic E-state index is 12.2. The molecule has 148 valence electrons. The zero-order valence-electron chi connectivity index (χ0n) is 16.1. The van der Waals surface area contributed by atoms with E-state index in [1.54, 1.807) is 0 Å². The van der Waals surface area contributed by atoms with Crippen molar-refractivity contribution in [2.45, 2.75) is 96.0 Å². The number of carbonyl (C=O) groups is 2. The number of carboxylic acids is 1. The van der Waals surface area contributed by atoms with Gasteiger partial charge in [-0.3, -0.25) is 9.59 Å². The topological polar surface area (TPSA) is 74.6 Å². The van der Waals surface area contributed by atoms with Crippen LogP contribution in [0.25, 0.3) is 0 Å². The summed E-state index contributed by atoms with van der Waals surface area (Å²) >= 11 is 0. The lowest BCUT2D eigenvalue weighted by molar-refractivity contribution is -0.137. The molecule has 4 heteroatoms. The Bertz CT molecular complexity index is 465. The van der Waals surface area contributed by atoms with Crippen LogP contribution in [0.1, 0.15) is 89.9 Å². The summed E-state index contributed by atoms with van der Waals surface area (Å²) in [5, 5.41) is 19.0. The molecule has 2 fully saturated rings. The quantitative estimate of drug-likeness (QED) is 0.404. The molecule has 0 bridgehead atoms. The Hall–Kier alpha value is -1.16. The maximum atomic E-state index is 12.2. The lowest BCUT2D eigenvalue weighted by Crippen LogP contribution is -2.16. The number of aliphatic hydroxyl groups is 1. The largest absolute Gasteiger partial charge is 0.481 e. The van der Waals surface area contributed by atoms with Gasteiger partial charge in [-0.1, -0.05) is 63.5 Å². The molecule has 0 aromatic heterocycles. The Morgan fingerprint density at radius 3 is 2.54 bits per heavy atom. The van der Waals surface area contributed by atoms with Crippen molar-refractivity contribution in [3.63, 3.8) is 0 Å². The van der Waals surface area contributed by atoms with Crippen LogP contribution in [0.2, 0.25) is 0 Å². The van der Waals surface area contributed by atoms with Gasteiger partial charge in [0.25, 0.3) is 0 Å². The second kappa shape index (κ2) is 11.5. The summed E-state index contributed by atoms with van der Waals surface area (Å²) in [6.07, 6.45) is 17.3. The highest BCUT2D eigenvalue weighted by atomic mass is 16.4. The van der Waals surface area contributed by atoms with E-state index in [9.17, 15) is 14.7 Å². The first-order valence-electron chi connectivity index (χ1n) is 10.7. The van der Waals surface area contributed by atoms with Gasteiger partial charge in [-0.05, 0) is 37.5 Å². The number of hydrogen-bond acceptors (Lipinski definition) is 3. The zero-order chi connectivity index (χ0) is 18.8. The van der Waals surface area contributed by atoms with Crippen molar-refractivity contribution >= 4 is 11.8 Å². The number of unbranched alkanes of at least 4 members (excludes halogenated alkanes) is 3. The predicted molar refractivity (Wildman–Crippen MR) is 103 cm³/mol. The Kier molecular flexibility index (Phi) is 9.38. The molecular weight excluding hydrogens is 328 g/mol. The van der Waals surface area contributed by atoms with Gasteiger partial charge in [0.15, 0.2) is 0 Å². The van der Waals surface area contributed by atoms with Crippen molar-refractivity contribution in [1.82, 2.24) is 0 Å². The van der Waals surface area contributed by atoms with Crippen LogP contribution in [-0.4, -0.2) is 28.1 Å². The van der Waals surface area contributed by atoms with Gasteiger partial charge in [-0.2, -0.15) is 0 Å². The van der Waals surface area contributed by atoms with E-state index >= 15 is 0 Å². The minimum absolute atomic E-state index is 0.104. The van der Waals surface area contributed by atoms with Gasteiger partial charge in [0.1, 0.15) is 5.78 Å². The second-order valence-electron chi connectivity index (χ2n) is 8.31. The highest BCUT2D eigenvalue weighted by molar-refractivity contribution is 5.83. The summed E-state index contributed by atoms with van der Waals surface area (Å²) in [5.41, 5.74) is 0. The highest BCUT2D eigenvalue weighted by Gasteiger charge is 2.32. The fraction of sp³-hybridized carbons (Fsp3) is 0.818. The minimum Gasteiger partial charge on any atom is -0.481 e. The number of rotatable bonds is 11. The number of hydrogen-bond donors (Lipinski definition) is 2. The average Bonchev–Trinajstić information content (AvgIpc) is 2.97. The summed E-state index contributed by atoms with van der Waals surface area (Å²) < 4.78 is 0. The number of allylic oxidation sites excluding steroid dienone is 1. The molecule has 0 saturated heterocycles. The van der Waals surface area contributed by atoms with E-state index in [4.69, 9.17) is 5.11 Å². The smallest absolute Gasteiger partial charge is 0.303 e. The third-order valence-corrected chi connectivity index (χ3v) is 6.19. The Morgan fingerprint density at radius 2 is 1.81 bits per heavy atom. The van der Waals surface area contributed by atoms with E-state index in [0.717, 1.165) is 44.9 Å². The first kappa shape index (κ1) is 21.1. The van der Waals surface area contributed by atoms with Crippen LogP contribution in [0.4, 0.5) is 0 Å². The first-order chi connectivity index (χ1) is 12.6. The Morgan fingerprint density at radius 1 is 1.08 bits per heavy atom. The highest BCUT2D eigenvalue weighted by Crippen LogP contribution is 2.34. The van der Waals surface area contributed by atoms with E-state index < -0.39 is 5.97 Å².